The third kappa shape index (κ3) is 2.18. The maximum atomic E-state index is 11.3. The summed E-state index contributed by atoms with van der Waals surface area (Å²) in [5.41, 5.74) is 4.80. The van der Waals surface area contributed by atoms with E-state index in [-0.39, 0.29) is 12.2 Å². The van der Waals surface area contributed by atoms with Crippen molar-refractivity contribution >= 4 is 15.9 Å². The molecule has 0 saturated carbocycles. The monoisotopic (exact) mass is 246 g/mol. The average molecular weight is 247 g/mol. The van der Waals surface area contributed by atoms with Crippen LogP contribution in [0.3, 0.4) is 0 Å². The van der Waals surface area contributed by atoms with Gasteiger partial charge in [-0.3, -0.25) is 4.79 Å². The molecular weight excluding hydrogens is 236 g/mol. The maximum absolute atomic E-state index is 11.3. The van der Waals surface area contributed by atoms with Gasteiger partial charge < -0.3 is 15.8 Å². The number of H-pyrrole nitrogens is 1. The van der Waals surface area contributed by atoms with Gasteiger partial charge in [0.2, 0.25) is 0 Å². The second-order valence-corrected chi connectivity index (χ2v) is 4.05. The van der Waals surface area contributed by atoms with Gasteiger partial charge in [-0.15, -0.1) is 0 Å². The maximum Gasteiger partial charge on any atom is 0.253 e. The Kier molecular flexibility index (Phi) is 2.90. The Bertz CT molecular complexity index is 359. The number of pyridine rings is 1. The highest BCUT2D eigenvalue weighted by Gasteiger charge is 2.23. The molecule has 0 fully saturated rings. The van der Waals surface area contributed by atoms with Gasteiger partial charge >= 0.3 is 0 Å². The van der Waals surface area contributed by atoms with Crippen LogP contribution in [0.2, 0.25) is 0 Å². The Morgan fingerprint density at radius 3 is 2.92 bits per heavy atom. The second-order valence-electron chi connectivity index (χ2n) is 3.14. The van der Waals surface area contributed by atoms with Gasteiger partial charge in [-0.2, -0.15) is 0 Å². The van der Waals surface area contributed by atoms with Gasteiger partial charge in [0.05, 0.1) is 12.1 Å². The number of nitrogens with one attached hydrogen (secondary N) is 1. The summed E-state index contributed by atoms with van der Waals surface area (Å²) in [6, 6.07) is 1.61. The van der Waals surface area contributed by atoms with E-state index < -0.39 is 5.54 Å². The van der Waals surface area contributed by atoms with Crippen molar-refractivity contribution in [2.75, 3.05) is 6.61 Å². The van der Waals surface area contributed by atoms with Crippen LogP contribution in [0.5, 0.6) is 0 Å². The lowest BCUT2D eigenvalue weighted by molar-refractivity contribution is 0.209. The number of rotatable bonds is 2. The van der Waals surface area contributed by atoms with E-state index in [1.54, 1.807) is 13.0 Å². The minimum absolute atomic E-state index is 0.271. The van der Waals surface area contributed by atoms with Crippen molar-refractivity contribution in [3.63, 3.8) is 0 Å². The molecule has 0 aliphatic heterocycles. The van der Waals surface area contributed by atoms with Crippen LogP contribution in [0.25, 0.3) is 0 Å². The Morgan fingerprint density at radius 2 is 2.38 bits per heavy atom. The van der Waals surface area contributed by atoms with Gasteiger partial charge in [-0.05, 0) is 28.9 Å². The van der Waals surface area contributed by atoms with E-state index in [1.807, 2.05) is 0 Å². The molecule has 0 radical (unpaired) electrons. The molecule has 5 heteroatoms. The van der Waals surface area contributed by atoms with Crippen molar-refractivity contribution in [3.05, 3.63) is 32.7 Å². The highest BCUT2D eigenvalue weighted by molar-refractivity contribution is 9.10. The first-order valence-corrected chi connectivity index (χ1v) is 4.55. The zero-order chi connectivity index (χ0) is 10.1. The number of aliphatic hydroxyl groups is 1. The van der Waals surface area contributed by atoms with E-state index in [1.165, 1.54) is 6.20 Å². The number of nitrogens with two attached hydrogens (primary N) is 1. The van der Waals surface area contributed by atoms with E-state index in [4.69, 9.17) is 10.8 Å². The smallest absolute Gasteiger partial charge is 0.253 e. The number of hydrogen-bond acceptors (Lipinski definition) is 3. The molecule has 1 rings (SSSR count). The molecule has 1 aromatic heterocycles. The Labute approximate surface area is 83.9 Å². The Hall–Kier alpha value is -0.650. The van der Waals surface area contributed by atoms with E-state index in [0.717, 1.165) is 4.47 Å². The molecule has 0 aliphatic carbocycles. The summed E-state index contributed by atoms with van der Waals surface area (Å²) in [4.78, 5) is 13.8. The molecule has 1 heterocycles. The molecule has 0 aliphatic rings. The van der Waals surface area contributed by atoms with Gasteiger partial charge in [0.1, 0.15) is 0 Å². The first kappa shape index (κ1) is 10.4. The number of hydrogen-bond donors (Lipinski definition) is 3. The van der Waals surface area contributed by atoms with Crippen LogP contribution < -0.4 is 11.3 Å². The molecule has 1 aromatic rings. The fourth-order valence-electron chi connectivity index (χ4n) is 0.967. The van der Waals surface area contributed by atoms with E-state index in [0.29, 0.717) is 5.56 Å². The number of halogens is 1. The number of aliphatic hydroxyl groups excluding tert-OH is 1. The first-order valence-electron chi connectivity index (χ1n) is 3.76. The summed E-state index contributed by atoms with van der Waals surface area (Å²) in [6.45, 7) is 1.33. The van der Waals surface area contributed by atoms with Crippen LogP contribution in [-0.4, -0.2) is 16.7 Å². The third-order valence-corrected chi connectivity index (χ3v) is 2.27. The first-order chi connectivity index (χ1) is 5.97. The average Bonchev–Trinajstić information content (AvgIpc) is 2.09. The zero-order valence-corrected chi connectivity index (χ0v) is 8.76. The largest absolute Gasteiger partial charge is 0.394 e. The molecule has 72 valence electrons. The summed E-state index contributed by atoms with van der Waals surface area (Å²) in [6.07, 6.45) is 1.53. The normalized spacial score (nSPS) is 15.4. The van der Waals surface area contributed by atoms with Crippen LogP contribution in [0.15, 0.2) is 21.5 Å². The van der Waals surface area contributed by atoms with Gasteiger partial charge in [0.25, 0.3) is 5.56 Å². The SMILES string of the molecule is C[C@@](N)(CO)c1cc(Br)c[nH]c1=O. The molecule has 0 saturated heterocycles. The van der Waals surface area contributed by atoms with Crippen LogP contribution in [-0.2, 0) is 5.54 Å². The molecule has 0 unspecified atom stereocenters. The Balaban J connectivity index is 3.29. The fourth-order valence-corrected chi connectivity index (χ4v) is 1.31. The van der Waals surface area contributed by atoms with Crippen LogP contribution >= 0.6 is 15.9 Å². The van der Waals surface area contributed by atoms with Crippen molar-refractivity contribution in [3.8, 4) is 0 Å². The minimum Gasteiger partial charge on any atom is -0.394 e. The lowest BCUT2D eigenvalue weighted by Crippen LogP contribution is -2.41. The summed E-state index contributed by atoms with van der Waals surface area (Å²) >= 11 is 3.21. The van der Waals surface area contributed by atoms with Crippen LogP contribution in [0.1, 0.15) is 12.5 Å². The standard InChI is InChI=1S/C8H11BrN2O2/c1-8(10,4-12)6-2-5(9)3-11-7(6)13/h2-3,12H,4,10H2,1H3,(H,11,13)/t8-/m1/s1. The van der Waals surface area contributed by atoms with Gasteiger partial charge in [-0.25, -0.2) is 0 Å². The van der Waals surface area contributed by atoms with Crippen molar-refractivity contribution in [1.82, 2.24) is 4.98 Å². The van der Waals surface area contributed by atoms with Crippen molar-refractivity contribution in [2.45, 2.75) is 12.5 Å². The number of aromatic nitrogens is 1. The second kappa shape index (κ2) is 3.61. The van der Waals surface area contributed by atoms with E-state index >= 15 is 0 Å². The topological polar surface area (TPSA) is 79.1 Å². The number of aromatic amines is 1. The van der Waals surface area contributed by atoms with Gasteiger partial charge in [-0.1, -0.05) is 0 Å². The summed E-state index contributed by atoms with van der Waals surface area (Å²) < 4.78 is 0.729. The fraction of sp³-hybridized carbons (Fsp3) is 0.375. The summed E-state index contributed by atoms with van der Waals surface area (Å²) in [7, 11) is 0. The third-order valence-electron chi connectivity index (χ3n) is 1.81. The van der Waals surface area contributed by atoms with Gasteiger partial charge in [0, 0.05) is 16.2 Å². The molecule has 13 heavy (non-hydrogen) atoms. The minimum atomic E-state index is -1.00. The van der Waals surface area contributed by atoms with E-state index in [2.05, 4.69) is 20.9 Å². The lowest BCUT2D eigenvalue weighted by atomic mass is 9.96. The Morgan fingerprint density at radius 1 is 1.77 bits per heavy atom. The summed E-state index contributed by atoms with van der Waals surface area (Å²) in [5, 5.41) is 8.97. The lowest BCUT2D eigenvalue weighted by Gasteiger charge is -2.20. The predicted molar refractivity (Wildman–Crippen MR) is 53.4 cm³/mol. The molecule has 4 nitrogen and oxygen atoms in total. The van der Waals surface area contributed by atoms with Crippen molar-refractivity contribution in [1.29, 1.82) is 0 Å². The molecular formula is C8H11BrN2O2. The van der Waals surface area contributed by atoms with Crippen LogP contribution in [0.4, 0.5) is 0 Å². The van der Waals surface area contributed by atoms with E-state index in [9.17, 15) is 4.79 Å². The molecule has 0 amide bonds. The molecule has 0 spiro atoms. The van der Waals surface area contributed by atoms with Crippen molar-refractivity contribution < 1.29 is 5.11 Å². The van der Waals surface area contributed by atoms with Crippen molar-refractivity contribution in [2.24, 2.45) is 5.73 Å². The zero-order valence-electron chi connectivity index (χ0n) is 7.17. The molecule has 4 N–H and O–H groups in total. The highest BCUT2D eigenvalue weighted by Crippen LogP contribution is 2.16. The summed E-state index contributed by atoms with van der Waals surface area (Å²) in [5.74, 6) is 0. The molecule has 0 bridgehead atoms. The molecule has 0 aromatic carbocycles. The van der Waals surface area contributed by atoms with Gasteiger partial charge in [0.15, 0.2) is 0 Å². The quantitative estimate of drug-likeness (QED) is 0.703. The predicted octanol–water partition coefficient (Wildman–Crippen LogP) is 0.304. The highest BCUT2D eigenvalue weighted by atomic mass is 79.9. The molecule has 1 atom stereocenters. The van der Waals surface area contributed by atoms with Crippen LogP contribution in [0, 0.1) is 0 Å².